The molecule has 0 radical (unpaired) electrons. The number of anilines is 2. The van der Waals surface area contributed by atoms with E-state index >= 15 is 0 Å². The second kappa shape index (κ2) is 11.4. The Balaban J connectivity index is 0.000000244. The van der Waals surface area contributed by atoms with E-state index in [9.17, 15) is 24.6 Å². The number of nitrogens with one attached hydrogen (secondary N) is 2. The van der Waals surface area contributed by atoms with Crippen molar-refractivity contribution in [1.82, 2.24) is 0 Å². The van der Waals surface area contributed by atoms with Gasteiger partial charge in [0.05, 0.1) is 18.8 Å². The van der Waals surface area contributed by atoms with E-state index in [1.54, 1.807) is 43.4 Å². The first-order valence-corrected chi connectivity index (χ1v) is 10.5. The van der Waals surface area contributed by atoms with Crippen molar-refractivity contribution in [2.24, 2.45) is 0 Å². The lowest BCUT2D eigenvalue weighted by molar-refractivity contribution is -0.386. The fraction of sp³-hybridized carbons (Fsp3) is 0.100. The number of halogens is 3. The summed E-state index contributed by atoms with van der Waals surface area (Å²) in [5, 5.41) is 27.0. The second-order valence-corrected chi connectivity index (χ2v) is 7.67. The van der Waals surface area contributed by atoms with Crippen molar-refractivity contribution in [3.8, 4) is 11.5 Å². The van der Waals surface area contributed by atoms with Crippen molar-refractivity contribution in [2.45, 2.75) is 0 Å². The van der Waals surface area contributed by atoms with E-state index in [0.717, 1.165) is 0 Å². The van der Waals surface area contributed by atoms with Crippen LogP contribution < -0.4 is 15.4 Å². The van der Waals surface area contributed by atoms with Crippen LogP contribution in [0.3, 0.4) is 0 Å². The third kappa shape index (κ3) is 5.92. The van der Waals surface area contributed by atoms with Crippen LogP contribution in [0, 0.1) is 26.0 Å². The van der Waals surface area contributed by atoms with Gasteiger partial charge in [0.15, 0.2) is 0 Å². The molecule has 0 aliphatic rings. The molecule has 32 heavy (non-hydrogen) atoms. The van der Waals surface area contributed by atoms with Crippen molar-refractivity contribution < 1.29 is 19.0 Å². The predicted molar refractivity (Wildman–Crippen MR) is 127 cm³/mol. The first-order chi connectivity index (χ1) is 15.2. The van der Waals surface area contributed by atoms with E-state index in [-0.39, 0.29) is 21.6 Å². The number of benzene rings is 3. The summed E-state index contributed by atoms with van der Waals surface area (Å²) >= 11 is 6.15. The SMILES string of the molecule is CNc1ccc(Br)c(F)c1[N+](=O)[O-].CNc1ccc(Br)c(Oc2ccccc2)c1[N+](=O)[O-]. The molecule has 0 heterocycles. The van der Waals surface area contributed by atoms with Crippen LogP contribution in [-0.2, 0) is 0 Å². The Bertz CT molecular complexity index is 1130. The van der Waals surface area contributed by atoms with Crippen molar-refractivity contribution in [3.63, 3.8) is 0 Å². The molecule has 0 bridgehead atoms. The molecule has 0 amide bonds. The molecule has 0 aliphatic heterocycles. The van der Waals surface area contributed by atoms with Crippen molar-refractivity contribution in [3.05, 3.63) is 89.6 Å². The van der Waals surface area contributed by atoms with Gasteiger partial charge in [-0.2, -0.15) is 4.39 Å². The Morgan fingerprint density at radius 1 is 0.812 bits per heavy atom. The molecule has 0 spiro atoms. The number of nitro groups is 2. The number of nitrogens with zero attached hydrogens (tertiary/aromatic N) is 2. The molecular formula is C20H17Br2FN4O5. The van der Waals surface area contributed by atoms with Crippen LogP contribution in [0.1, 0.15) is 0 Å². The summed E-state index contributed by atoms with van der Waals surface area (Å²) < 4.78 is 19.4. The fourth-order valence-electron chi connectivity index (χ4n) is 2.55. The number of para-hydroxylation sites is 1. The third-order valence-corrected chi connectivity index (χ3v) is 5.26. The lowest BCUT2D eigenvalue weighted by Crippen LogP contribution is -2.00. The van der Waals surface area contributed by atoms with Crippen LogP contribution in [0.25, 0.3) is 0 Å². The van der Waals surface area contributed by atoms with Gasteiger partial charge in [0.1, 0.15) is 17.1 Å². The largest absolute Gasteiger partial charge is 0.449 e. The van der Waals surface area contributed by atoms with Crippen molar-refractivity contribution in [1.29, 1.82) is 0 Å². The van der Waals surface area contributed by atoms with Gasteiger partial charge in [-0.05, 0) is 68.3 Å². The van der Waals surface area contributed by atoms with Crippen LogP contribution in [0.4, 0.5) is 27.1 Å². The van der Waals surface area contributed by atoms with E-state index in [2.05, 4.69) is 42.5 Å². The summed E-state index contributed by atoms with van der Waals surface area (Å²) in [6, 6.07) is 15.1. The maximum Gasteiger partial charge on any atom is 0.335 e. The van der Waals surface area contributed by atoms with Crippen molar-refractivity contribution in [2.75, 3.05) is 24.7 Å². The third-order valence-electron chi connectivity index (χ3n) is 4.02. The Hall–Kier alpha value is -3.25. The maximum absolute atomic E-state index is 13.2. The van der Waals surface area contributed by atoms with E-state index in [4.69, 9.17) is 4.74 Å². The maximum atomic E-state index is 13.2. The van der Waals surface area contributed by atoms with E-state index in [0.29, 0.717) is 15.9 Å². The second-order valence-electron chi connectivity index (χ2n) is 5.96. The van der Waals surface area contributed by atoms with Gasteiger partial charge in [-0.3, -0.25) is 20.2 Å². The average molecular weight is 572 g/mol. The average Bonchev–Trinajstić information content (AvgIpc) is 2.77. The molecule has 12 heteroatoms. The molecule has 0 aromatic heterocycles. The number of rotatable bonds is 6. The zero-order valence-electron chi connectivity index (χ0n) is 16.8. The van der Waals surface area contributed by atoms with Crippen LogP contribution in [-0.4, -0.2) is 23.9 Å². The number of nitro benzene ring substituents is 2. The Labute approximate surface area is 199 Å². The van der Waals surface area contributed by atoms with Crippen LogP contribution in [0.5, 0.6) is 11.5 Å². The van der Waals surface area contributed by atoms with E-state index in [1.165, 1.54) is 19.2 Å². The van der Waals surface area contributed by atoms with Crippen LogP contribution in [0.2, 0.25) is 0 Å². The van der Waals surface area contributed by atoms with E-state index < -0.39 is 21.4 Å². The normalized spacial score (nSPS) is 9.91. The molecule has 0 saturated heterocycles. The molecule has 0 unspecified atom stereocenters. The molecule has 2 N–H and O–H groups in total. The van der Waals surface area contributed by atoms with Crippen LogP contribution in [0.15, 0.2) is 63.5 Å². The lowest BCUT2D eigenvalue weighted by atomic mass is 10.2. The molecular weight excluding hydrogens is 555 g/mol. The smallest absolute Gasteiger partial charge is 0.335 e. The number of ether oxygens (including phenoxy) is 1. The minimum absolute atomic E-state index is 0.0817. The zero-order valence-corrected chi connectivity index (χ0v) is 19.9. The predicted octanol–water partition coefficient (Wildman–Crippen LogP) is 6.73. The molecule has 3 rings (SSSR count). The first kappa shape index (κ1) is 25.0. The van der Waals surface area contributed by atoms with Gasteiger partial charge in [0.25, 0.3) is 0 Å². The Kier molecular flexibility index (Phi) is 8.91. The summed E-state index contributed by atoms with van der Waals surface area (Å²) in [5.74, 6) is -0.139. The molecule has 0 atom stereocenters. The quantitative estimate of drug-likeness (QED) is 0.248. The molecule has 9 nitrogen and oxygen atoms in total. The fourth-order valence-corrected chi connectivity index (χ4v) is 3.27. The highest BCUT2D eigenvalue weighted by Gasteiger charge is 2.24. The minimum atomic E-state index is -0.864. The minimum Gasteiger partial charge on any atom is -0.449 e. The number of hydrogen-bond acceptors (Lipinski definition) is 7. The molecule has 0 saturated carbocycles. The summed E-state index contributed by atoms with van der Waals surface area (Å²) in [6.45, 7) is 0. The number of hydrogen-bond donors (Lipinski definition) is 2. The summed E-state index contributed by atoms with van der Waals surface area (Å²) in [5.41, 5.74) is -0.0811. The Morgan fingerprint density at radius 3 is 1.81 bits per heavy atom. The van der Waals surface area contributed by atoms with Crippen molar-refractivity contribution >= 4 is 54.6 Å². The molecule has 0 aliphatic carbocycles. The van der Waals surface area contributed by atoms with Gasteiger partial charge < -0.3 is 15.4 Å². The van der Waals surface area contributed by atoms with Gasteiger partial charge in [0, 0.05) is 14.1 Å². The topological polar surface area (TPSA) is 120 Å². The molecule has 3 aromatic rings. The highest BCUT2D eigenvalue weighted by molar-refractivity contribution is 9.10. The van der Waals surface area contributed by atoms with Gasteiger partial charge in [0.2, 0.25) is 11.6 Å². The molecule has 0 fully saturated rings. The Morgan fingerprint density at radius 2 is 1.31 bits per heavy atom. The highest BCUT2D eigenvalue weighted by Crippen LogP contribution is 2.42. The molecule has 3 aromatic carbocycles. The standard InChI is InChI=1S/C13H11BrN2O3.C7H6BrFN2O2/c1-15-11-8-7-10(14)13(12(11)16(17)18)19-9-5-3-2-4-6-9;1-10-5-3-2-4(8)6(9)7(5)11(12)13/h2-8,15H,1H3;2-3,10H,1H3. The highest BCUT2D eigenvalue weighted by atomic mass is 79.9. The van der Waals surface area contributed by atoms with Gasteiger partial charge >= 0.3 is 11.4 Å². The summed E-state index contributed by atoms with van der Waals surface area (Å²) in [4.78, 5) is 20.4. The zero-order chi connectivity index (χ0) is 23.8. The van der Waals surface area contributed by atoms with E-state index in [1.807, 2.05) is 6.07 Å². The summed E-state index contributed by atoms with van der Waals surface area (Å²) in [6.07, 6.45) is 0. The summed E-state index contributed by atoms with van der Waals surface area (Å²) in [7, 11) is 3.12. The first-order valence-electron chi connectivity index (χ1n) is 8.88. The van der Waals surface area contributed by atoms with Gasteiger partial charge in [-0.25, -0.2) is 0 Å². The van der Waals surface area contributed by atoms with Gasteiger partial charge in [-0.1, -0.05) is 18.2 Å². The molecule has 168 valence electrons. The van der Waals surface area contributed by atoms with Crippen LogP contribution >= 0.6 is 31.9 Å². The monoisotopic (exact) mass is 570 g/mol. The van der Waals surface area contributed by atoms with Gasteiger partial charge in [-0.15, -0.1) is 0 Å². The lowest BCUT2D eigenvalue weighted by Gasteiger charge is -2.11.